The molecule has 1 N–H and O–H groups in total. The second-order valence-electron chi connectivity index (χ2n) is 4.58. The Morgan fingerprint density at radius 2 is 1.75 bits per heavy atom. The monoisotopic (exact) mass is 217 g/mol. The molecule has 0 aliphatic carbocycles. The predicted molar refractivity (Wildman–Crippen MR) is 66.6 cm³/mol. The number of amides is 1. The Balaban J connectivity index is 2.47. The summed E-state index contributed by atoms with van der Waals surface area (Å²) in [5.74, 6) is 0.192. The molecule has 0 saturated carbocycles. The molecule has 86 valence electrons. The standard InChI is InChI=1S/C14H19NO/c1-3-9-14(10-4-2)11-7-5-6-8-12(11)15-13(14)16/h5-8H,3-4,9-10H2,1-2H3,(H,15,16). The molecule has 0 aromatic heterocycles. The minimum Gasteiger partial charge on any atom is -0.325 e. The molecule has 2 rings (SSSR count). The highest BCUT2D eigenvalue weighted by Gasteiger charge is 2.44. The average Bonchev–Trinajstić information content (AvgIpc) is 2.54. The number of para-hydroxylation sites is 1. The minimum absolute atomic E-state index is 0.192. The van der Waals surface area contributed by atoms with Crippen LogP contribution < -0.4 is 5.32 Å². The van der Waals surface area contributed by atoms with Gasteiger partial charge in [-0.2, -0.15) is 0 Å². The molecule has 0 unspecified atom stereocenters. The summed E-state index contributed by atoms with van der Waals surface area (Å²) in [5, 5.41) is 3.02. The first-order chi connectivity index (χ1) is 7.74. The number of hydrogen-bond donors (Lipinski definition) is 1. The summed E-state index contributed by atoms with van der Waals surface area (Å²) < 4.78 is 0. The highest BCUT2D eigenvalue weighted by molar-refractivity contribution is 6.06. The maximum absolute atomic E-state index is 12.2. The molecule has 2 nitrogen and oxygen atoms in total. The zero-order chi connectivity index (χ0) is 11.6. The zero-order valence-corrected chi connectivity index (χ0v) is 10.0. The number of hydrogen-bond acceptors (Lipinski definition) is 1. The second-order valence-corrected chi connectivity index (χ2v) is 4.58. The first-order valence-corrected chi connectivity index (χ1v) is 6.15. The van der Waals surface area contributed by atoms with Crippen molar-refractivity contribution < 1.29 is 4.79 Å². The molecule has 1 aliphatic heterocycles. The molecule has 1 aromatic rings. The van der Waals surface area contributed by atoms with Gasteiger partial charge in [-0.15, -0.1) is 0 Å². The van der Waals surface area contributed by atoms with Crippen molar-refractivity contribution in [3.8, 4) is 0 Å². The molecule has 1 aromatic carbocycles. The van der Waals surface area contributed by atoms with E-state index >= 15 is 0 Å². The van der Waals surface area contributed by atoms with Gasteiger partial charge in [0.1, 0.15) is 0 Å². The molecule has 1 heterocycles. The third kappa shape index (κ3) is 1.53. The molecule has 0 saturated heterocycles. The minimum atomic E-state index is -0.264. The summed E-state index contributed by atoms with van der Waals surface area (Å²) in [7, 11) is 0. The predicted octanol–water partition coefficient (Wildman–Crippen LogP) is 3.48. The summed E-state index contributed by atoms with van der Waals surface area (Å²) in [6.45, 7) is 4.29. The van der Waals surface area contributed by atoms with Crippen LogP contribution in [0, 0.1) is 0 Å². The fraction of sp³-hybridized carbons (Fsp3) is 0.500. The summed E-state index contributed by atoms with van der Waals surface area (Å²) in [6, 6.07) is 8.10. The Kier molecular flexibility index (Phi) is 2.99. The van der Waals surface area contributed by atoms with Crippen molar-refractivity contribution in [3.63, 3.8) is 0 Å². The summed E-state index contributed by atoms with van der Waals surface area (Å²) in [4.78, 5) is 12.2. The molecule has 1 aliphatic rings. The number of anilines is 1. The van der Waals surface area contributed by atoms with Crippen LogP contribution in [0.5, 0.6) is 0 Å². The molecule has 0 spiro atoms. The van der Waals surface area contributed by atoms with E-state index in [9.17, 15) is 4.79 Å². The number of rotatable bonds is 4. The Morgan fingerprint density at radius 3 is 2.38 bits per heavy atom. The van der Waals surface area contributed by atoms with Crippen LogP contribution in [0.4, 0.5) is 5.69 Å². The van der Waals surface area contributed by atoms with Gasteiger partial charge in [-0.3, -0.25) is 4.79 Å². The fourth-order valence-corrected chi connectivity index (χ4v) is 2.85. The lowest BCUT2D eigenvalue weighted by Gasteiger charge is -2.26. The van der Waals surface area contributed by atoms with Gasteiger partial charge in [0.2, 0.25) is 5.91 Å². The van der Waals surface area contributed by atoms with Crippen molar-refractivity contribution in [1.82, 2.24) is 0 Å². The van der Waals surface area contributed by atoms with Crippen LogP contribution in [0.2, 0.25) is 0 Å². The first kappa shape index (κ1) is 11.2. The van der Waals surface area contributed by atoms with Gasteiger partial charge in [0.15, 0.2) is 0 Å². The van der Waals surface area contributed by atoms with Crippen molar-refractivity contribution in [2.75, 3.05) is 5.32 Å². The zero-order valence-electron chi connectivity index (χ0n) is 10.0. The van der Waals surface area contributed by atoms with E-state index < -0.39 is 0 Å². The van der Waals surface area contributed by atoms with Gasteiger partial charge in [0.25, 0.3) is 0 Å². The van der Waals surface area contributed by atoms with Crippen LogP contribution in [0.3, 0.4) is 0 Å². The third-order valence-corrected chi connectivity index (χ3v) is 3.48. The van der Waals surface area contributed by atoms with E-state index in [1.165, 1.54) is 5.56 Å². The Labute approximate surface area is 97.1 Å². The van der Waals surface area contributed by atoms with Gasteiger partial charge in [-0.05, 0) is 24.5 Å². The molecule has 0 radical (unpaired) electrons. The maximum Gasteiger partial charge on any atom is 0.235 e. The summed E-state index contributed by atoms with van der Waals surface area (Å²) >= 11 is 0. The summed E-state index contributed by atoms with van der Waals surface area (Å²) in [5.41, 5.74) is 1.94. The number of benzene rings is 1. The first-order valence-electron chi connectivity index (χ1n) is 6.15. The highest BCUT2D eigenvalue weighted by atomic mass is 16.2. The average molecular weight is 217 g/mol. The van der Waals surface area contributed by atoms with E-state index in [4.69, 9.17) is 0 Å². The van der Waals surface area contributed by atoms with Gasteiger partial charge in [-0.1, -0.05) is 44.9 Å². The maximum atomic E-state index is 12.2. The van der Waals surface area contributed by atoms with E-state index in [2.05, 4.69) is 25.2 Å². The van der Waals surface area contributed by atoms with Crippen molar-refractivity contribution in [2.45, 2.75) is 44.9 Å². The number of fused-ring (bicyclic) bond motifs is 1. The van der Waals surface area contributed by atoms with Gasteiger partial charge in [-0.25, -0.2) is 0 Å². The Morgan fingerprint density at radius 1 is 1.12 bits per heavy atom. The van der Waals surface area contributed by atoms with Crippen LogP contribution in [-0.2, 0) is 10.2 Å². The van der Waals surface area contributed by atoms with Crippen LogP contribution in [0.25, 0.3) is 0 Å². The van der Waals surface area contributed by atoms with E-state index in [0.29, 0.717) is 0 Å². The van der Waals surface area contributed by atoms with E-state index in [0.717, 1.165) is 31.4 Å². The lowest BCUT2D eigenvalue weighted by Crippen LogP contribution is -2.34. The largest absolute Gasteiger partial charge is 0.325 e. The normalized spacial score (nSPS) is 17.0. The molecule has 2 heteroatoms. The molecule has 0 atom stereocenters. The molecule has 16 heavy (non-hydrogen) atoms. The van der Waals surface area contributed by atoms with Crippen LogP contribution >= 0.6 is 0 Å². The van der Waals surface area contributed by atoms with Crippen LogP contribution in [0.1, 0.15) is 45.1 Å². The van der Waals surface area contributed by atoms with Gasteiger partial charge in [0, 0.05) is 5.69 Å². The molecular formula is C14H19NO. The third-order valence-electron chi connectivity index (χ3n) is 3.48. The topological polar surface area (TPSA) is 29.1 Å². The van der Waals surface area contributed by atoms with E-state index in [-0.39, 0.29) is 11.3 Å². The fourth-order valence-electron chi connectivity index (χ4n) is 2.85. The lowest BCUT2D eigenvalue weighted by atomic mass is 9.74. The number of carbonyl (C=O) groups is 1. The van der Waals surface area contributed by atoms with Crippen molar-refractivity contribution in [3.05, 3.63) is 29.8 Å². The van der Waals surface area contributed by atoms with Crippen LogP contribution in [0.15, 0.2) is 24.3 Å². The van der Waals surface area contributed by atoms with Gasteiger partial charge in [0.05, 0.1) is 5.41 Å². The van der Waals surface area contributed by atoms with Crippen molar-refractivity contribution in [2.24, 2.45) is 0 Å². The smallest absolute Gasteiger partial charge is 0.235 e. The van der Waals surface area contributed by atoms with Gasteiger partial charge < -0.3 is 5.32 Å². The second kappa shape index (κ2) is 4.28. The molecule has 0 bridgehead atoms. The highest BCUT2D eigenvalue weighted by Crippen LogP contribution is 2.44. The van der Waals surface area contributed by atoms with Crippen molar-refractivity contribution >= 4 is 11.6 Å². The van der Waals surface area contributed by atoms with Gasteiger partial charge >= 0.3 is 0 Å². The Bertz CT molecular complexity index is 391. The lowest BCUT2D eigenvalue weighted by molar-refractivity contribution is -0.121. The number of nitrogens with one attached hydrogen (secondary N) is 1. The quantitative estimate of drug-likeness (QED) is 0.822. The molecular weight excluding hydrogens is 198 g/mol. The van der Waals surface area contributed by atoms with Crippen molar-refractivity contribution in [1.29, 1.82) is 0 Å². The molecule has 1 amide bonds. The summed E-state index contributed by atoms with van der Waals surface area (Å²) in [6.07, 6.45) is 3.98. The SMILES string of the molecule is CCCC1(CCC)C(=O)Nc2ccccc21. The number of carbonyl (C=O) groups excluding carboxylic acids is 1. The van der Waals surface area contributed by atoms with Crippen LogP contribution in [-0.4, -0.2) is 5.91 Å². The van der Waals surface area contributed by atoms with E-state index in [1.807, 2.05) is 18.2 Å². The molecule has 0 fully saturated rings. The van der Waals surface area contributed by atoms with E-state index in [1.54, 1.807) is 0 Å². The Hall–Kier alpha value is -1.31.